The highest BCUT2D eigenvalue weighted by Crippen LogP contribution is 2.18. The van der Waals surface area contributed by atoms with Crippen molar-refractivity contribution in [1.29, 1.82) is 0 Å². The Morgan fingerprint density at radius 3 is 2.33 bits per heavy atom. The van der Waals surface area contributed by atoms with Crippen molar-refractivity contribution in [2.24, 2.45) is 7.05 Å². The van der Waals surface area contributed by atoms with Crippen LogP contribution in [0.15, 0.2) is 29.4 Å². The molecule has 144 valence electrons. The number of thioether (sulfide) groups is 1. The maximum absolute atomic E-state index is 12.1. The van der Waals surface area contributed by atoms with Crippen LogP contribution in [0.25, 0.3) is 0 Å². The molecule has 0 aliphatic heterocycles. The van der Waals surface area contributed by atoms with Crippen molar-refractivity contribution >= 4 is 40.9 Å². The summed E-state index contributed by atoms with van der Waals surface area (Å²) in [4.78, 5) is 34.6. The number of hydrogen-bond donors (Lipinski definition) is 2. The maximum Gasteiger partial charge on any atom is 0.313 e. The number of carbonyl (C=O) groups is 3. The smallest absolute Gasteiger partial charge is 0.313 e. The van der Waals surface area contributed by atoms with E-state index in [1.807, 2.05) is 0 Å². The highest BCUT2D eigenvalue weighted by molar-refractivity contribution is 7.99. The molecule has 1 aromatic heterocycles. The molecule has 10 heteroatoms. The van der Waals surface area contributed by atoms with E-state index in [4.69, 9.17) is 4.74 Å². The number of aromatic nitrogens is 3. The number of nitrogens with zero attached hydrogens (tertiary/aromatic N) is 3. The van der Waals surface area contributed by atoms with E-state index >= 15 is 0 Å². The Kier molecular flexibility index (Phi) is 7.35. The fraction of sp³-hybridized carbons (Fsp3) is 0.353. The van der Waals surface area contributed by atoms with Crippen LogP contribution in [0.3, 0.4) is 0 Å². The average Bonchev–Trinajstić information content (AvgIpc) is 2.94. The van der Waals surface area contributed by atoms with E-state index in [-0.39, 0.29) is 30.0 Å². The molecule has 0 atom stereocenters. The first-order valence-electron chi connectivity index (χ1n) is 8.23. The predicted molar refractivity (Wildman–Crippen MR) is 101 cm³/mol. The molecule has 0 unspecified atom stereocenters. The van der Waals surface area contributed by atoms with Gasteiger partial charge in [-0.3, -0.25) is 14.4 Å². The molecule has 2 N–H and O–H groups in total. The molecular weight excluding hydrogens is 370 g/mol. The lowest BCUT2D eigenvalue weighted by Gasteiger charge is -2.07. The van der Waals surface area contributed by atoms with Crippen LogP contribution in [0.5, 0.6) is 0 Å². The minimum absolute atomic E-state index is 0.0325. The Morgan fingerprint density at radius 1 is 1.11 bits per heavy atom. The van der Waals surface area contributed by atoms with Gasteiger partial charge in [0.2, 0.25) is 11.8 Å². The summed E-state index contributed by atoms with van der Waals surface area (Å²) in [5.41, 5.74) is 1.28. The molecule has 0 saturated heterocycles. The molecule has 1 heterocycles. The second-order valence-electron chi connectivity index (χ2n) is 5.54. The SMILES string of the molecule is CCOC(=O)Cc1nnc(SCC(=O)Nc2ccc(NC(C)=O)cc2)n1C. The summed E-state index contributed by atoms with van der Waals surface area (Å²) >= 11 is 1.22. The van der Waals surface area contributed by atoms with Gasteiger partial charge < -0.3 is 19.9 Å². The molecule has 0 fully saturated rings. The van der Waals surface area contributed by atoms with Crippen molar-refractivity contribution < 1.29 is 19.1 Å². The van der Waals surface area contributed by atoms with Crippen molar-refractivity contribution in [2.45, 2.75) is 25.4 Å². The van der Waals surface area contributed by atoms with Crippen LogP contribution in [-0.4, -0.2) is 44.9 Å². The van der Waals surface area contributed by atoms with E-state index in [2.05, 4.69) is 20.8 Å². The molecule has 27 heavy (non-hydrogen) atoms. The van der Waals surface area contributed by atoms with E-state index in [0.717, 1.165) is 0 Å². The molecule has 0 aliphatic carbocycles. The van der Waals surface area contributed by atoms with Gasteiger partial charge in [0.15, 0.2) is 5.16 Å². The number of benzene rings is 1. The predicted octanol–water partition coefficient (Wildman–Crippen LogP) is 1.61. The summed E-state index contributed by atoms with van der Waals surface area (Å²) < 4.78 is 6.55. The number of anilines is 2. The molecule has 9 nitrogen and oxygen atoms in total. The standard InChI is InChI=1S/C17H21N5O4S/c1-4-26-16(25)9-14-20-21-17(22(14)3)27-10-15(24)19-13-7-5-12(6-8-13)18-11(2)23/h5-8H,4,9-10H2,1-3H3,(H,18,23)(H,19,24). The molecule has 2 aromatic rings. The topological polar surface area (TPSA) is 115 Å². The molecule has 0 saturated carbocycles. The maximum atomic E-state index is 12.1. The molecule has 0 spiro atoms. The number of nitrogens with one attached hydrogen (secondary N) is 2. The Bertz CT molecular complexity index is 819. The summed E-state index contributed by atoms with van der Waals surface area (Å²) in [5.74, 6) is -0.120. The summed E-state index contributed by atoms with van der Waals surface area (Å²) in [7, 11) is 1.73. The van der Waals surface area contributed by atoms with Crippen LogP contribution in [-0.2, 0) is 32.6 Å². The molecule has 0 radical (unpaired) electrons. The lowest BCUT2D eigenvalue weighted by molar-refractivity contribution is -0.142. The number of esters is 1. The first kappa shape index (κ1) is 20.4. The summed E-state index contributed by atoms with van der Waals surface area (Å²) in [5, 5.41) is 13.9. The van der Waals surface area contributed by atoms with Gasteiger partial charge >= 0.3 is 5.97 Å². The normalized spacial score (nSPS) is 10.3. The number of hydrogen-bond acceptors (Lipinski definition) is 7. The van der Waals surface area contributed by atoms with E-state index in [1.165, 1.54) is 18.7 Å². The van der Waals surface area contributed by atoms with Crippen molar-refractivity contribution in [2.75, 3.05) is 23.0 Å². The van der Waals surface area contributed by atoms with Gasteiger partial charge in [-0.1, -0.05) is 11.8 Å². The second-order valence-corrected chi connectivity index (χ2v) is 6.48. The second kappa shape index (κ2) is 9.72. The molecule has 1 aromatic carbocycles. The van der Waals surface area contributed by atoms with Crippen molar-refractivity contribution in [3.63, 3.8) is 0 Å². The third-order valence-electron chi connectivity index (χ3n) is 3.35. The van der Waals surface area contributed by atoms with Crippen molar-refractivity contribution in [3.8, 4) is 0 Å². The largest absolute Gasteiger partial charge is 0.466 e. The van der Waals surface area contributed by atoms with Gasteiger partial charge in [0.25, 0.3) is 0 Å². The number of amides is 2. The van der Waals surface area contributed by atoms with Crippen LogP contribution in [0.1, 0.15) is 19.7 Å². The fourth-order valence-corrected chi connectivity index (χ4v) is 2.86. The van der Waals surface area contributed by atoms with Gasteiger partial charge in [0, 0.05) is 25.3 Å². The fourth-order valence-electron chi connectivity index (χ4n) is 2.13. The monoisotopic (exact) mass is 391 g/mol. The molecule has 2 amide bonds. The molecule has 2 rings (SSSR count). The molecule has 0 aliphatic rings. The quantitative estimate of drug-likeness (QED) is 0.519. The van der Waals surface area contributed by atoms with Crippen LogP contribution in [0, 0.1) is 0 Å². The zero-order valence-corrected chi connectivity index (χ0v) is 16.1. The van der Waals surface area contributed by atoms with E-state index in [0.29, 0.717) is 29.0 Å². The average molecular weight is 391 g/mol. The highest BCUT2D eigenvalue weighted by Gasteiger charge is 2.15. The van der Waals surface area contributed by atoms with Crippen molar-refractivity contribution in [3.05, 3.63) is 30.1 Å². The van der Waals surface area contributed by atoms with Gasteiger partial charge in [-0.15, -0.1) is 10.2 Å². The van der Waals surface area contributed by atoms with Gasteiger partial charge in [-0.2, -0.15) is 0 Å². The van der Waals surface area contributed by atoms with E-state index in [1.54, 1.807) is 42.8 Å². The Balaban J connectivity index is 1.86. The third kappa shape index (κ3) is 6.41. The van der Waals surface area contributed by atoms with Crippen molar-refractivity contribution in [1.82, 2.24) is 14.8 Å². The summed E-state index contributed by atoms with van der Waals surface area (Å²) in [6.45, 7) is 3.48. The number of ether oxygens (including phenoxy) is 1. The number of carbonyl (C=O) groups excluding carboxylic acids is 3. The lowest BCUT2D eigenvalue weighted by Crippen LogP contribution is -2.15. The first-order valence-corrected chi connectivity index (χ1v) is 9.21. The van der Waals surface area contributed by atoms with Gasteiger partial charge in [-0.25, -0.2) is 0 Å². The van der Waals surface area contributed by atoms with Gasteiger partial charge in [0.1, 0.15) is 12.2 Å². The lowest BCUT2D eigenvalue weighted by atomic mass is 10.3. The van der Waals surface area contributed by atoms with E-state index < -0.39 is 0 Å². The van der Waals surface area contributed by atoms with Gasteiger partial charge in [-0.05, 0) is 31.2 Å². The van der Waals surface area contributed by atoms with E-state index in [9.17, 15) is 14.4 Å². The van der Waals surface area contributed by atoms with Crippen LogP contribution >= 0.6 is 11.8 Å². The summed E-state index contributed by atoms with van der Waals surface area (Å²) in [6, 6.07) is 6.81. The van der Waals surface area contributed by atoms with Crippen LogP contribution in [0.4, 0.5) is 11.4 Å². The zero-order valence-electron chi connectivity index (χ0n) is 15.3. The number of rotatable bonds is 8. The Labute approximate surface area is 160 Å². The zero-order chi connectivity index (χ0) is 19.8. The minimum atomic E-state index is -0.370. The van der Waals surface area contributed by atoms with Gasteiger partial charge in [0.05, 0.1) is 12.4 Å². The van der Waals surface area contributed by atoms with Crippen LogP contribution in [0.2, 0.25) is 0 Å². The third-order valence-corrected chi connectivity index (χ3v) is 4.37. The Morgan fingerprint density at radius 2 is 1.74 bits per heavy atom. The Hall–Kier alpha value is -2.88. The molecular formula is C17H21N5O4S. The molecule has 0 bridgehead atoms. The minimum Gasteiger partial charge on any atom is -0.466 e. The van der Waals surface area contributed by atoms with Crippen LogP contribution < -0.4 is 10.6 Å². The highest BCUT2D eigenvalue weighted by atomic mass is 32.2. The summed E-state index contributed by atoms with van der Waals surface area (Å²) in [6.07, 6.45) is 0.0325. The first-order chi connectivity index (χ1) is 12.9.